The van der Waals surface area contributed by atoms with Gasteiger partial charge in [-0.15, -0.1) is 11.3 Å². The molecule has 2 unspecified atom stereocenters. The summed E-state index contributed by atoms with van der Waals surface area (Å²) in [5.74, 6) is -1.40. The van der Waals surface area contributed by atoms with E-state index in [9.17, 15) is 18.0 Å². The van der Waals surface area contributed by atoms with Crippen LogP contribution in [0.5, 0.6) is 0 Å². The highest BCUT2D eigenvalue weighted by Crippen LogP contribution is 2.45. The van der Waals surface area contributed by atoms with Crippen LogP contribution in [0.2, 0.25) is 0 Å². The molecule has 0 fully saturated rings. The molecule has 2 aromatic rings. The number of anilines is 1. The van der Waals surface area contributed by atoms with Crippen molar-refractivity contribution < 1.29 is 23.1 Å². The van der Waals surface area contributed by atoms with E-state index in [2.05, 4.69) is 10.4 Å². The fraction of sp³-hybridized carbons (Fsp3) is 0.429. The maximum absolute atomic E-state index is 13.4. The second-order valence-corrected chi connectivity index (χ2v) is 6.50. The number of rotatable bonds is 3. The number of aromatic carboxylic acids is 1. The molecule has 1 aliphatic rings. The molecular formula is C14H14F3N3O2S. The Balaban J connectivity index is 2.03. The van der Waals surface area contributed by atoms with E-state index >= 15 is 0 Å². The fourth-order valence-corrected chi connectivity index (χ4v) is 3.69. The quantitative estimate of drug-likeness (QED) is 0.886. The molecule has 0 bridgehead atoms. The lowest BCUT2D eigenvalue weighted by Gasteiger charge is -2.33. The summed E-state index contributed by atoms with van der Waals surface area (Å²) in [6.07, 6.45) is -2.96. The monoisotopic (exact) mass is 345 g/mol. The largest absolute Gasteiger partial charge is 0.477 e. The number of nitrogens with one attached hydrogen (secondary N) is 1. The number of alkyl halides is 3. The molecule has 124 valence electrons. The third-order valence-corrected chi connectivity index (χ3v) is 5.19. The molecule has 9 heteroatoms. The third kappa shape index (κ3) is 2.80. The molecule has 3 rings (SSSR count). The number of nitrogens with zero attached hydrogens (tertiary/aromatic N) is 2. The summed E-state index contributed by atoms with van der Waals surface area (Å²) < 4.78 is 40.8. The summed E-state index contributed by atoms with van der Waals surface area (Å²) in [7, 11) is 0. The van der Waals surface area contributed by atoms with E-state index in [1.54, 1.807) is 6.07 Å². The predicted octanol–water partition coefficient (Wildman–Crippen LogP) is 3.87. The molecule has 0 saturated heterocycles. The van der Waals surface area contributed by atoms with Crippen LogP contribution in [-0.2, 0) is 6.42 Å². The van der Waals surface area contributed by atoms with Crippen LogP contribution in [0.3, 0.4) is 0 Å². The van der Waals surface area contributed by atoms with E-state index in [0.717, 1.165) is 27.1 Å². The van der Waals surface area contributed by atoms with Crippen LogP contribution >= 0.6 is 11.3 Å². The van der Waals surface area contributed by atoms with E-state index in [1.807, 2.05) is 13.0 Å². The van der Waals surface area contributed by atoms with Gasteiger partial charge in [0.1, 0.15) is 11.4 Å². The lowest BCUT2D eigenvalue weighted by atomic mass is 10.0. The molecule has 23 heavy (non-hydrogen) atoms. The van der Waals surface area contributed by atoms with Crippen molar-refractivity contribution >= 4 is 23.1 Å². The van der Waals surface area contributed by atoms with Crippen LogP contribution in [-0.4, -0.2) is 27.0 Å². The molecule has 0 aliphatic carbocycles. The highest BCUT2D eigenvalue weighted by atomic mass is 32.1. The number of fused-ring (bicyclic) bond motifs is 1. The smallest absolute Gasteiger partial charge is 0.410 e. The third-order valence-electron chi connectivity index (χ3n) is 3.84. The molecule has 2 atom stereocenters. The Labute approximate surface area is 133 Å². The highest BCUT2D eigenvalue weighted by Gasteiger charge is 2.47. The standard InChI is InChI=1S/C14H14F3N3O2S/c1-2-7-3-4-10(23-7)9-5-11(14(15,16)17)20-12(19-9)8(6-18-20)13(21)22/h3-4,6,9,11,19H,2,5H2,1H3,(H,21,22). The van der Waals surface area contributed by atoms with E-state index in [4.69, 9.17) is 5.11 Å². The summed E-state index contributed by atoms with van der Waals surface area (Å²) >= 11 is 1.44. The van der Waals surface area contributed by atoms with Crippen molar-refractivity contribution in [2.75, 3.05) is 5.32 Å². The molecule has 0 aromatic carbocycles. The molecule has 2 aromatic heterocycles. The average molecular weight is 345 g/mol. The minimum absolute atomic E-state index is 0.0949. The number of halogens is 3. The first-order chi connectivity index (χ1) is 10.8. The Morgan fingerprint density at radius 2 is 2.26 bits per heavy atom. The van der Waals surface area contributed by atoms with Crippen molar-refractivity contribution in [3.8, 4) is 0 Å². The van der Waals surface area contributed by atoms with E-state index < -0.39 is 24.2 Å². The van der Waals surface area contributed by atoms with Gasteiger partial charge in [-0.05, 0) is 18.6 Å². The van der Waals surface area contributed by atoms with Gasteiger partial charge in [-0.1, -0.05) is 6.92 Å². The maximum Gasteiger partial charge on any atom is 0.410 e. The maximum atomic E-state index is 13.4. The van der Waals surface area contributed by atoms with Gasteiger partial charge in [0.15, 0.2) is 6.04 Å². The summed E-state index contributed by atoms with van der Waals surface area (Å²) in [5, 5.41) is 15.7. The predicted molar refractivity (Wildman–Crippen MR) is 79.0 cm³/mol. The van der Waals surface area contributed by atoms with Crippen LogP contribution in [0.15, 0.2) is 18.3 Å². The first-order valence-electron chi connectivity index (χ1n) is 7.04. The minimum atomic E-state index is -4.50. The summed E-state index contributed by atoms with van der Waals surface area (Å²) in [5.41, 5.74) is -0.253. The molecule has 0 radical (unpaired) electrons. The molecule has 0 saturated carbocycles. The van der Waals surface area contributed by atoms with Crippen molar-refractivity contribution in [3.05, 3.63) is 33.6 Å². The fourth-order valence-electron chi connectivity index (χ4n) is 2.68. The zero-order chi connectivity index (χ0) is 16.8. The number of carboxylic acid groups (broad SMARTS) is 1. The van der Waals surface area contributed by atoms with Gasteiger partial charge in [0, 0.05) is 16.2 Å². The Kier molecular flexibility index (Phi) is 3.83. The van der Waals surface area contributed by atoms with E-state index in [0.29, 0.717) is 0 Å². The van der Waals surface area contributed by atoms with Crippen molar-refractivity contribution in [2.45, 2.75) is 38.0 Å². The zero-order valence-electron chi connectivity index (χ0n) is 12.1. The van der Waals surface area contributed by atoms with Gasteiger partial charge in [0.05, 0.1) is 12.2 Å². The molecule has 0 spiro atoms. The highest BCUT2D eigenvalue weighted by molar-refractivity contribution is 7.12. The Morgan fingerprint density at radius 1 is 1.52 bits per heavy atom. The van der Waals surface area contributed by atoms with Gasteiger partial charge in [-0.3, -0.25) is 0 Å². The van der Waals surface area contributed by atoms with Crippen LogP contribution in [0.1, 0.15) is 45.5 Å². The van der Waals surface area contributed by atoms with Gasteiger partial charge in [-0.25, -0.2) is 9.48 Å². The second kappa shape index (κ2) is 5.55. The van der Waals surface area contributed by atoms with E-state index in [-0.39, 0.29) is 17.8 Å². The lowest BCUT2D eigenvalue weighted by molar-refractivity contribution is -0.173. The zero-order valence-corrected chi connectivity index (χ0v) is 12.9. The number of hydrogen-bond donors (Lipinski definition) is 2. The first-order valence-corrected chi connectivity index (χ1v) is 7.85. The van der Waals surface area contributed by atoms with Crippen LogP contribution in [0.4, 0.5) is 19.0 Å². The van der Waals surface area contributed by atoms with Crippen molar-refractivity contribution in [1.29, 1.82) is 0 Å². The number of carbonyl (C=O) groups is 1. The van der Waals surface area contributed by atoms with Gasteiger partial charge < -0.3 is 10.4 Å². The van der Waals surface area contributed by atoms with Crippen LogP contribution < -0.4 is 5.32 Å². The van der Waals surface area contributed by atoms with Crippen molar-refractivity contribution in [1.82, 2.24) is 9.78 Å². The van der Waals surface area contributed by atoms with Crippen molar-refractivity contribution in [2.24, 2.45) is 0 Å². The second-order valence-electron chi connectivity index (χ2n) is 5.30. The Bertz CT molecular complexity index is 738. The SMILES string of the molecule is CCc1ccc(C2CC(C(F)(F)F)n3ncc(C(=O)O)c3N2)s1. The number of hydrogen-bond acceptors (Lipinski definition) is 4. The Morgan fingerprint density at radius 3 is 2.83 bits per heavy atom. The minimum Gasteiger partial charge on any atom is -0.477 e. The van der Waals surface area contributed by atoms with E-state index in [1.165, 1.54) is 11.3 Å². The number of aromatic nitrogens is 2. The molecule has 5 nitrogen and oxygen atoms in total. The molecular weight excluding hydrogens is 331 g/mol. The molecule has 0 amide bonds. The first kappa shape index (κ1) is 15.9. The lowest BCUT2D eigenvalue weighted by Crippen LogP contribution is -2.35. The summed E-state index contributed by atoms with van der Waals surface area (Å²) in [4.78, 5) is 13.0. The summed E-state index contributed by atoms with van der Waals surface area (Å²) in [6, 6.07) is 1.24. The van der Waals surface area contributed by atoms with Crippen LogP contribution in [0, 0.1) is 0 Å². The molecule has 2 N–H and O–H groups in total. The number of aryl methyl sites for hydroxylation is 1. The normalized spacial score (nSPS) is 20.9. The Hall–Kier alpha value is -2.03. The van der Waals surface area contributed by atoms with Gasteiger partial charge in [0.25, 0.3) is 0 Å². The topological polar surface area (TPSA) is 67.2 Å². The number of carboxylic acids is 1. The van der Waals surface area contributed by atoms with Gasteiger partial charge in [0.2, 0.25) is 0 Å². The summed E-state index contributed by atoms with van der Waals surface area (Å²) in [6.45, 7) is 1.97. The molecule has 3 heterocycles. The van der Waals surface area contributed by atoms with Crippen LogP contribution in [0.25, 0.3) is 0 Å². The average Bonchev–Trinajstić information content (AvgIpc) is 3.11. The number of thiophene rings is 1. The van der Waals surface area contributed by atoms with Crippen molar-refractivity contribution in [3.63, 3.8) is 0 Å². The molecule has 1 aliphatic heterocycles. The van der Waals surface area contributed by atoms with Gasteiger partial charge >= 0.3 is 12.1 Å². The van der Waals surface area contributed by atoms with Gasteiger partial charge in [-0.2, -0.15) is 18.3 Å².